The van der Waals surface area contributed by atoms with Crippen molar-refractivity contribution in [2.45, 2.75) is 13.5 Å². The van der Waals surface area contributed by atoms with Crippen LogP contribution in [-0.2, 0) is 6.61 Å². The van der Waals surface area contributed by atoms with E-state index in [1.165, 1.54) is 0 Å². The molecule has 3 heterocycles. The highest BCUT2D eigenvalue weighted by molar-refractivity contribution is 5.97. The van der Waals surface area contributed by atoms with Gasteiger partial charge >= 0.3 is 0 Å². The Morgan fingerprint density at radius 3 is 2.61 bits per heavy atom. The largest absolute Gasteiger partial charge is 0.485 e. The zero-order valence-electron chi connectivity index (χ0n) is 15.6. The number of pyridine rings is 1. The molecule has 0 radical (unpaired) electrons. The van der Waals surface area contributed by atoms with Gasteiger partial charge in [0.15, 0.2) is 6.61 Å². The second-order valence-corrected chi connectivity index (χ2v) is 6.48. The van der Waals surface area contributed by atoms with E-state index in [0.717, 1.165) is 18.9 Å². The maximum atomic E-state index is 13.0. The summed E-state index contributed by atoms with van der Waals surface area (Å²) in [6.45, 7) is 4.62. The number of para-hydroxylation sites is 1. The number of piperazine rings is 1. The molecular weight excluding hydrogens is 358 g/mol. The van der Waals surface area contributed by atoms with Gasteiger partial charge in [-0.05, 0) is 24.3 Å². The SMILES string of the molecule is Cc1nc(COc2ccccc2C(=O)N2CCN(c3ccccn3)CC2)no1. The van der Waals surface area contributed by atoms with Crippen LogP contribution in [0.4, 0.5) is 5.82 Å². The lowest BCUT2D eigenvalue weighted by Crippen LogP contribution is -2.49. The van der Waals surface area contributed by atoms with Crippen LogP contribution in [0.2, 0.25) is 0 Å². The monoisotopic (exact) mass is 379 g/mol. The van der Waals surface area contributed by atoms with E-state index in [1.807, 2.05) is 35.2 Å². The van der Waals surface area contributed by atoms with Crippen LogP contribution in [0.3, 0.4) is 0 Å². The van der Waals surface area contributed by atoms with Crippen LogP contribution in [0.25, 0.3) is 0 Å². The van der Waals surface area contributed by atoms with Gasteiger partial charge < -0.3 is 19.1 Å². The molecule has 1 amide bonds. The van der Waals surface area contributed by atoms with Gasteiger partial charge in [0.05, 0.1) is 5.56 Å². The van der Waals surface area contributed by atoms with E-state index in [4.69, 9.17) is 9.26 Å². The number of aryl methyl sites for hydroxylation is 1. The lowest BCUT2D eigenvalue weighted by atomic mass is 10.1. The molecule has 3 aromatic rings. The van der Waals surface area contributed by atoms with Crippen LogP contribution in [0.5, 0.6) is 5.75 Å². The van der Waals surface area contributed by atoms with Gasteiger partial charge in [-0.25, -0.2) is 4.98 Å². The molecule has 144 valence electrons. The molecule has 0 saturated carbocycles. The van der Waals surface area contributed by atoms with E-state index in [2.05, 4.69) is 20.0 Å². The van der Waals surface area contributed by atoms with E-state index in [1.54, 1.807) is 25.3 Å². The van der Waals surface area contributed by atoms with Crippen LogP contribution < -0.4 is 9.64 Å². The topological polar surface area (TPSA) is 84.6 Å². The predicted molar refractivity (Wildman–Crippen MR) is 102 cm³/mol. The maximum absolute atomic E-state index is 13.0. The Morgan fingerprint density at radius 2 is 1.89 bits per heavy atom. The summed E-state index contributed by atoms with van der Waals surface area (Å²) < 4.78 is 10.7. The van der Waals surface area contributed by atoms with E-state index >= 15 is 0 Å². The number of anilines is 1. The number of hydrogen-bond donors (Lipinski definition) is 0. The number of ether oxygens (including phenoxy) is 1. The number of nitrogens with zero attached hydrogens (tertiary/aromatic N) is 5. The Hall–Kier alpha value is -3.42. The number of amides is 1. The molecule has 1 aliphatic heterocycles. The molecule has 1 aliphatic rings. The molecule has 0 unspecified atom stereocenters. The molecule has 28 heavy (non-hydrogen) atoms. The summed E-state index contributed by atoms with van der Waals surface area (Å²) in [6.07, 6.45) is 1.78. The number of benzene rings is 1. The summed E-state index contributed by atoms with van der Waals surface area (Å²) in [4.78, 5) is 25.6. The van der Waals surface area contributed by atoms with Gasteiger partial charge in [0.1, 0.15) is 11.6 Å². The van der Waals surface area contributed by atoms with Gasteiger partial charge in [-0.2, -0.15) is 4.98 Å². The molecule has 0 aliphatic carbocycles. The molecule has 0 spiro atoms. The van der Waals surface area contributed by atoms with E-state index in [9.17, 15) is 4.79 Å². The van der Waals surface area contributed by atoms with Crippen LogP contribution >= 0.6 is 0 Å². The van der Waals surface area contributed by atoms with Crippen LogP contribution in [0.15, 0.2) is 53.2 Å². The summed E-state index contributed by atoms with van der Waals surface area (Å²) in [6, 6.07) is 13.1. The molecule has 1 saturated heterocycles. The van der Waals surface area contributed by atoms with Crippen molar-refractivity contribution < 1.29 is 14.1 Å². The van der Waals surface area contributed by atoms with Crippen molar-refractivity contribution >= 4 is 11.7 Å². The summed E-state index contributed by atoms with van der Waals surface area (Å²) in [5, 5.41) is 3.81. The maximum Gasteiger partial charge on any atom is 0.257 e. The normalized spacial score (nSPS) is 14.2. The standard InChI is InChI=1S/C20H21N5O3/c1-15-22-18(23-28-15)14-27-17-7-3-2-6-16(17)20(26)25-12-10-24(11-13-25)19-8-4-5-9-21-19/h2-9H,10-14H2,1H3. The minimum Gasteiger partial charge on any atom is -0.485 e. The highest BCUT2D eigenvalue weighted by atomic mass is 16.5. The fraction of sp³-hybridized carbons (Fsp3) is 0.300. The molecule has 1 fully saturated rings. The molecular formula is C20H21N5O3. The van der Waals surface area contributed by atoms with Gasteiger partial charge in [-0.15, -0.1) is 0 Å². The smallest absolute Gasteiger partial charge is 0.257 e. The van der Waals surface area contributed by atoms with Gasteiger partial charge in [-0.1, -0.05) is 23.4 Å². The first kappa shape index (κ1) is 18.0. The quantitative estimate of drug-likeness (QED) is 0.672. The molecule has 1 aromatic carbocycles. The third kappa shape index (κ3) is 3.95. The minimum absolute atomic E-state index is 0.0411. The van der Waals surface area contributed by atoms with Gasteiger partial charge in [-0.3, -0.25) is 4.79 Å². The van der Waals surface area contributed by atoms with Crippen LogP contribution in [0.1, 0.15) is 22.1 Å². The molecule has 2 aromatic heterocycles. The fourth-order valence-corrected chi connectivity index (χ4v) is 3.16. The summed E-state index contributed by atoms with van der Waals surface area (Å²) in [5.74, 6) is 2.34. The third-order valence-corrected chi connectivity index (χ3v) is 4.58. The number of carbonyl (C=O) groups is 1. The van der Waals surface area contributed by atoms with E-state index in [0.29, 0.717) is 36.1 Å². The summed E-state index contributed by atoms with van der Waals surface area (Å²) in [5.41, 5.74) is 0.536. The number of aromatic nitrogens is 3. The van der Waals surface area contributed by atoms with Crippen molar-refractivity contribution in [3.63, 3.8) is 0 Å². The van der Waals surface area contributed by atoms with E-state index < -0.39 is 0 Å². The molecule has 4 rings (SSSR count). The Morgan fingerprint density at radius 1 is 1.11 bits per heavy atom. The van der Waals surface area contributed by atoms with Crippen molar-refractivity contribution in [1.29, 1.82) is 0 Å². The summed E-state index contributed by atoms with van der Waals surface area (Å²) in [7, 11) is 0. The first-order valence-electron chi connectivity index (χ1n) is 9.17. The first-order chi connectivity index (χ1) is 13.7. The lowest BCUT2D eigenvalue weighted by Gasteiger charge is -2.35. The zero-order chi connectivity index (χ0) is 19.3. The highest BCUT2D eigenvalue weighted by Gasteiger charge is 2.24. The Bertz CT molecular complexity index is 936. The zero-order valence-corrected chi connectivity index (χ0v) is 15.6. The Labute approximate surface area is 162 Å². The van der Waals surface area contributed by atoms with Gasteiger partial charge in [0, 0.05) is 39.3 Å². The summed E-state index contributed by atoms with van der Waals surface area (Å²) >= 11 is 0. The Kier molecular flexibility index (Phi) is 5.18. The van der Waals surface area contributed by atoms with Crippen molar-refractivity contribution in [2.75, 3.05) is 31.1 Å². The molecule has 0 N–H and O–H groups in total. The van der Waals surface area contributed by atoms with Crippen molar-refractivity contribution in [3.05, 3.63) is 65.9 Å². The van der Waals surface area contributed by atoms with Gasteiger partial charge in [0.2, 0.25) is 11.7 Å². The predicted octanol–water partition coefficient (Wildman–Crippen LogP) is 2.31. The van der Waals surface area contributed by atoms with Gasteiger partial charge in [0.25, 0.3) is 5.91 Å². The lowest BCUT2D eigenvalue weighted by molar-refractivity contribution is 0.0741. The Balaban J connectivity index is 1.41. The first-order valence-corrected chi connectivity index (χ1v) is 9.17. The van der Waals surface area contributed by atoms with Crippen LogP contribution in [0, 0.1) is 6.92 Å². The molecule has 0 bridgehead atoms. The van der Waals surface area contributed by atoms with Crippen molar-refractivity contribution in [3.8, 4) is 5.75 Å². The second-order valence-electron chi connectivity index (χ2n) is 6.48. The minimum atomic E-state index is -0.0411. The highest BCUT2D eigenvalue weighted by Crippen LogP contribution is 2.22. The van der Waals surface area contributed by atoms with E-state index in [-0.39, 0.29) is 12.5 Å². The number of rotatable bonds is 5. The molecule has 8 nitrogen and oxygen atoms in total. The fourth-order valence-electron chi connectivity index (χ4n) is 3.16. The molecule has 0 atom stereocenters. The number of carbonyl (C=O) groups excluding carboxylic acids is 1. The van der Waals surface area contributed by atoms with Crippen molar-refractivity contribution in [1.82, 2.24) is 20.0 Å². The third-order valence-electron chi connectivity index (χ3n) is 4.58. The molecule has 8 heteroatoms. The van der Waals surface area contributed by atoms with Crippen molar-refractivity contribution in [2.24, 2.45) is 0 Å². The average Bonchev–Trinajstić information content (AvgIpc) is 3.18. The second kappa shape index (κ2) is 8.08. The average molecular weight is 379 g/mol. The number of hydrogen-bond acceptors (Lipinski definition) is 7. The van der Waals surface area contributed by atoms with Crippen LogP contribution in [-0.4, -0.2) is 52.1 Å².